The largest absolute Gasteiger partial charge is 0.489 e. The Labute approximate surface area is 167 Å². The van der Waals surface area contributed by atoms with E-state index < -0.39 is 5.92 Å². The summed E-state index contributed by atoms with van der Waals surface area (Å²) in [6.45, 7) is 0.286. The molecule has 2 N–H and O–H groups in total. The van der Waals surface area contributed by atoms with Crippen molar-refractivity contribution in [2.45, 2.75) is 18.9 Å². The molecule has 6 heteroatoms. The third-order valence-electron chi connectivity index (χ3n) is 4.74. The number of benzene rings is 3. The van der Waals surface area contributed by atoms with Crippen molar-refractivity contribution in [1.29, 1.82) is 0 Å². The number of para-hydroxylation sites is 1. The average Bonchev–Trinajstić information content (AvgIpc) is 2.73. The van der Waals surface area contributed by atoms with Crippen LogP contribution in [0.25, 0.3) is 0 Å². The second-order valence-electron chi connectivity index (χ2n) is 6.82. The number of amides is 2. The highest BCUT2D eigenvalue weighted by Gasteiger charge is 2.30. The first-order chi connectivity index (χ1) is 14.1. The molecule has 146 valence electrons. The molecule has 3 aromatic carbocycles. The van der Waals surface area contributed by atoms with Crippen LogP contribution in [0, 0.1) is 5.82 Å². The van der Waals surface area contributed by atoms with Crippen LogP contribution in [0.2, 0.25) is 0 Å². The predicted molar refractivity (Wildman–Crippen MR) is 108 cm³/mol. The van der Waals surface area contributed by atoms with Gasteiger partial charge in [0.15, 0.2) is 0 Å². The van der Waals surface area contributed by atoms with E-state index in [4.69, 9.17) is 4.74 Å². The number of ether oxygens (including phenoxy) is 1. The lowest BCUT2D eigenvalue weighted by atomic mass is 9.90. The van der Waals surface area contributed by atoms with Crippen LogP contribution >= 0.6 is 0 Å². The Morgan fingerprint density at radius 3 is 2.69 bits per heavy atom. The summed E-state index contributed by atoms with van der Waals surface area (Å²) >= 11 is 0. The summed E-state index contributed by atoms with van der Waals surface area (Å²) in [4.78, 5) is 24.8. The summed E-state index contributed by atoms with van der Waals surface area (Å²) in [6.07, 6.45) is 0.101. The van der Waals surface area contributed by atoms with E-state index in [0.717, 1.165) is 11.1 Å². The molecule has 1 aliphatic rings. The lowest BCUT2D eigenvalue weighted by Gasteiger charge is -2.24. The molecule has 4 rings (SSSR count). The van der Waals surface area contributed by atoms with Crippen molar-refractivity contribution in [2.75, 3.05) is 10.6 Å². The lowest BCUT2D eigenvalue weighted by molar-refractivity contribution is -0.123. The minimum Gasteiger partial charge on any atom is -0.489 e. The standard InChI is InChI=1S/C23H19FN2O3/c24-16-10-8-15(9-11-16)14-29-18-5-3-4-17(12-18)25-23(28)20-13-22(27)26-21-7-2-1-6-19(20)21/h1-12,20H,13-14H2,(H,25,28)(H,26,27). The number of hydrogen-bond acceptors (Lipinski definition) is 3. The van der Waals surface area contributed by atoms with Crippen molar-refractivity contribution < 1.29 is 18.7 Å². The van der Waals surface area contributed by atoms with Gasteiger partial charge in [-0.2, -0.15) is 0 Å². The average molecular weight is 390 g/mol. The van der Waals surface area contributed by atoms with Crippen LogP contribution in [-0.2, 0) is 16.2 Å². The predicted octanol–water partition coefficient (Wildman–Crippen LogP) is 4.47. The number of carbonyl (C=O) groups is 2. The van der Waals surface area contributed by atoms with Crippen LogP contribution in [0.4, 0.5) is 15.8 Å². The number of nitrogens with one attached hydrogen (secondary N) is 2. The van der Waals surface area contributed by atoms with E-state index in [2.05, 4.69) is 10.6 Å². The highest BCUT2D eigenvalue weighted by molar-refractivity contribution is 6.05. The van der Waals surface area contributed by atoms with E-state index in [0.29, 0.717) is 17.1 Å². The summed E-state index contributed by atoms with van der Waals surface area (Å²) in [6, 6.07) is 20.4. The molecule has 3 aromatic rings. The van der Waals surface area contributed by atoms with Gasteiger partial charge in [0.1, 0.15) is 18.2 Å². The van der Waals surface area contributed by atoms with Gasteiger partial charge in [-0.3, -0.25) is 9.59 Å². The van der Waals surface area contributed by atoms with Gasteiger partial charge in [-0.05, 0) is 41.5 Å². The maximum Gasteiger partial charge on any atom is 0.232 e. The monoisotopic (exact) mass is 390 g/mol. The quantitative estimate of drug-likeness (QED) is 0.676. The van der Waals surface area contributed by atoms with Crippen LogP contribution in [-0.4, -0.2) is 11.8 Å². The topological polar surface area (TPSA) is 67.4 Å². The molecular formula is C23H19FN2O3. The number of rotatable bonds is 5. The zero-order valence-corrected chi connectivity index (χ0v) is 15.5. The fourth-order valence-corrected chi connectivity index (χ4v) is 3.29. The normalized spacial score (nSPS) is 15.2. The molecule has 0 saturated heterocycles. The van der Waals surface area contributed by atoms with E-state index in [1.165, 1.54) is 12.1 Å². The van der Waals surface area contributed by atoms with Crippen molar-refractivity contribution in [2.24, 2.45) is 0 Å². The summed E-state index contributed by atoms with van der Waals surface area (Å²) in [5.41, 5.74) is 2.88. The Balaban J connectivity index is 1.44. The van der Waals surface area contributed by atoms with Gasteiger partial charge in [-0.15, -0.1) is 0 Å². The van der Waals surface area contributed by atoms with E-state index in [1.807, 2.05) is 18.2 Å². The zero-order valence-electron chi connectivity index (χ0n) is 15.5. The van der Waals surface area contributed by atoms with Gasteiger partial charge in [0, 0.05) is 23.9 Å². The smallest absolute Gasteiger partial charge is 0.232 e. The van der Waals surface area contributed by atoms with Crippen LogP contribution < -0.4 is 15.4 Å². The first kappa shape index (κ1) is 18.7. The molecule has 0 radical (unpaired) electrons. The highest BCUT2D eigenvalue weighted by Crippen LogP contribution is 2.33. The van der Waals surface area contributed by atoms with Crippen LogP contribution in [0.15, 0.2) is 72.8 Å². The Morgan fingerprint density at radius 2 is 1.86 bits per heavy atom. The number of fused-ring (bicyclic) bond motifs is 1. The minimum absolute atomic E-state index is 0.101. The molecule has 0 fully saturated rings. The summed E-state index contributed by atoms with van der Waals surface area (Å²) in [5, 5.41) is 5.66. The Bertz CT molecular complexity index is 1050. The minimum atomic E-state index is -0.552. The Hall–Kier alpha value is -3.67. The summed E-state index contributed by atoms with van der Waals surface area (Å²) in [7, 11) is 0. The van der Waals surface area contributed by atoms with Gasteiger partial charge in [0.2, 0.25) is 11.8 Å². The van der Waals surface area contributed by atoms with Crippen molar-refractivity contribution in [3.8, 4) is 5.75 Å². The van der Waals surface area contributed by atoms with E-state index in [-0.39, 0.29) is 30.7 Å². The molecule has 1 heterocycles. The van der Waals surface area contributed by atoms with Crippen LogP contribution in [0.5, 0.6) is 5.75 Å². The van der Waals surface area contributed by atoms with Crippen LogP contribution in [0.3, 0.4) is 0 Å². The first-order valence-electron chi connectivity index (χ1n) is 9.25. The fraction of sp³-hybridized carbons (Fsp3) is 0.130. The molecule has 1 unspecified atom stereocenters. The molecular weight excluding hydrogens is 371 g/mol. The molecule has 29 heavy (non-hydrogen) atoms. The molecule has 0 aliphatic carbocycles. The van der Waals surface area contributed by atoms with Crippen molar-refractivity contribution in [3.63, 3.8) is 0 Å². The van der Waals surface area contributed by atoms with Gasteiger partial charge in [-0.25, -0.2) is 4.39 Å². The third-order valence-corrected chi connectivity index (χ3v) is 4.74. The summed E-state index contributed by atoms with van der Waals surface area (Å²) in [5.74, 6) is -0.697. The first-order valence-corrected chi connectivity index (χ1v) is 9.25. The SMILES string of the molecule is O=C1CC(C(=O)Nc2cccc(OCc3ccc(F)cc3)c2)c2ccccc2N1. The second-order valence-corrected chi connectivity index (χ2v) is 6.82. The summed E-state index contributed by atoms with van der Waals surface area (Å²) < 4.78 is 18.7. The maximum atomic E-state index is 13.0. The van der Waals surface area contributed by atoms with Gasteiger partial charge < -0.3 is 15.4 Å². The Morgan fingerprint density at radius 1 is 1.07 bits per heavy atom. The zero-order chi connectivity index (χ0) is 20.2. The number of hydrogen-bond donors (Lipinski definition) is 2. The molecule has 0 spiro atoms. The highest BCUT2D eigenvalue weighted by atomic mass is 19.1. The second kappa shape index (κ2) is 8.14. The molecule has 0 saturated carbocycles. The Kier molecular flexibility index (Phi) is 5.24. The van der Waals surface area contributed by atoms with Crippen molar-refractivity contribution in [1.82, 2.24) is 0 Å². The molecule has 5 nitrogen and oxygen atoms in total. The van der Waals surface area contributed by atoms with Crippen molar-refractivity contribution >= 4 is 23.2 Å². The molecule has 0 bridgehead atoms. The van der Waals surface area contributed by atoms with E-state index >= 15 is 0 Å². The van der Waals surface area contributed by atoms with Gasteiger partial charge in [0.25, 0.3) is 0 Å². The fourth-order valence-electron chi connectivity index (χ4n) is 3.29. The third kappa shape index (κ3) is 4.43. The van der Waals surface area contributed by atoms with Crippen molar-refractivity contribution in [3.05, 3.63) is 89.7 Å². The van der Waals surface area contributed by atoms with Gasteiger partial charge >= 0.3 is 0 Å². The van der Waals surface area contributed by atoms with Crippen LogP contribution in [0.1, 0.15) is 23.5 Å². The molecule has 1 aliphatic heterocycles. The maximum absolute atomic E-state index is 13.0. The van der Waals surface area contributed by atoms with E-state index in [1.54, 1.807) is 42.5 Å². The van der Waals surface area contributed by atoms with Gasteiger partial charge in [0.05, 0.1) is 5.92 Å². The van der Waals surface area contributed by atoms with Gasteiger partial charge in [-0.1, -0.05) is 36.4 Å². The lowest BCUT2D eigenvalue weighted by Crippen LogP contribution is -2.30. The molecule has 2 amide bonds. The number of carbonyl (C=O) groups excluding carboxylic acids is 2. The molecule has 1 atom stereocenters. The van der Waals surface area contributed by atoms with E-state index in [9.17, 15) is 14.0 Å². The number of anilines is 2. The number of halogens is 1. The molecule has 0 aromatic heterocycles.